The Kier molecular flexibility index (Phi) is 7.29. The average molecular weight is 348 g/mol. The van der Waals surface area contributed by atoms with Crippen molar-refractivity contribution in [3.63, 3.8) is 0 Å². The van der Waals surface area contributed by atoms with Crippen LogP contribution in [0.1, 0.15) is 61.3 Å². The fourth-order valence-corrected chi connectivity index (χ4v) is 2.65. The molecule has 2 heterocycles. The van der Waals surface area contributed by atoms with Gasteiger partial charge < -0.3 is 4.74 Å². The molecule has 25 heavy (non-hydrogen) atoms. The molecule has 1 aromatic rings. The Morgan fingerprint density at radius 2 is 1.68 bits per heavy atom. The zero-order valence-corrected chi connectivity index (χ0v) is 15.2. The number of imide groups is 2. The van der Waals surface area contributed by atoms with Gasteiger partial charge in [0.05, 0.1) is 18.2 Å². The predicted octanol–water partition coefficient (Wildman–Crippen LogP) is 2.15. The highest BCUT2D eigenvalue weighted by atomic mass is 16.5. The molecule has 1 aromatic carbocycles. The second-order valence-corrected chi connectivity index (χ2v) is 4.83. The Labute approximate surface area is 147 Å². The van der Waals surface area contributed by atoms with Gasteiger partial charge in [-0.25, -0.2) is 0 Å². The number of piperidine rings is 1. The topological polar surface area (TPSA) is 92.8 Å². The van der Waals surface area contributed by atoms with Gasteiger partial charge >= 0.3 is 0 Å². The minimum Gasteiger partial charge on any atom is -0.496 e. The van der Waals surface area contributed by atoms with Crippen molar-refractivity contribution in [2.75, 3.05) is 7.11 Å². The maximum absolute atomic E-state index is 12.5. The summed E-state index contributed by atoms with van der Waals surface area (Å²) in [6.45, 7) is 8.00. The number of amides is 4. The van der Waals surface area contributed by atoms with Gasteiger partial charge in [-0.05, 0) is 18.6 Å². The molecule has 0 saturated carbocycles. The van der Waals surface area contributed by atoms with E-state index in [9.17, 15) is 19.2 Å². The maximum Gasteiger partial charge on any atom is 0.266 e. The SMILES string of the molecule is CC.CC.COc1cccc2c1C(=O)N(C1CCC(=O)NC1=O)C2=O. The summed E-state index contributed by atoms with van der Waals surface area (Å²) in [5.74, 6) is -1.84. The third-order valence-electron chi connectivity index (χ3n) is 3.65. The van der Waals surface area contributed by atoms with Crippen LogP contribution in [0.15, 0.2) is 18.2 Å². The molecule has 0 radical (unpaired) electrons. The molecule has 7 heteroatoms. The van der Waals surface area contributed by atoms with Crippen molar-refractivity contribution >= 4 is 23.6 Å². The van der Waals surface area contributed by atoms with Crippen LogP contribution in [0.3, 0.4) is 0 Å². The molecule has 2 aliphatic rings. The van der Waals surface area contributed by atoms with Gasteiger partial charge in [-0.2, -0.15) is 0 Å². The lowest BCUT2D eigenvalue weighted by atomic mass is 10.0. The summed E-state index contributed by atoms with van der Waals surface area (Å²) in [6, 6.07) is 3.75. The van der Waals surface area contributed by atoms with Crippen molar-refractivity contribution in [1.82, 2.24) is 10.2 Å². The van der Waals surface area contributed by atoms with Crippen LogP contribution in [0.25, 0.3) is 0 Å². The van der Waals surface area contributed by atoms with Crippen LogP contribution in [0.2, 0.25) is 0 Å². The number of rotatable bonds is 2. The summed E-state index contributed by atoms with van der Waals surface area (Å²) >= 11 is 0. The second-order valence-electron chi connectivity index (χ2n) is 4.83. The molecule has 4 amide bonds. The first-order chi connectivity index (χ1) is 12.0. The molecule has 1 unspecified atom stereocenters. The monoisotopic (exact) mass is 348 g/mol. The van der Waals surface area contributed by atoms with E-state index in [4.69, 9.17) is 4.74 Å². The van der Waals surface area contributed by atoms with E-state index in [2.05, 4.69) is 5.32 Å². The molecule has 1 saturated heterocycles. The third-order valence-corrected chi connectivity index (χ3v) is 3.65. The quantitative estimate of drug-likeness (QED) is 0.827. The molecule has 0 aliphatic carbocycles. The first kappa shape index (κ1) is 20.3. The van der Waals surface area contributed by atoms with Gasteiger partial charge in [-0.15, -0.1) is 0 Å². The Morgan fingerprint density at radius 1 is 1.04 bits per heavy atom. The molecule has 1 atom stereocenters. The van der Waals surface area contributed by atoms with Crippen molar-refractivity contribution in [1.29, 1.82) is 0 Å². The summed E-state index contributed by atoms with van der Waals surface area (Å²) in [5, 5.41) is 2.15. The zero-order valence-electron chi connectivity index (χ0n) is 15.2. The van der Waals surface area contributed by atoms with Crippen LogP contribution in [-0.4, -0.2) is 41.7 Å². The smallest absolute Gasteiger partial charge is 0.266 e. The highest BCUT2D eigenvalue weighted by molar-refractivity contribution is 6.24. The molecular weight excluding hydrogens is 324 g/mol. The minimum absolute atomic E-state index is 0.0982. The van der Waals surface area contributed by atoms with Gasteiger partial charge in [0.25, 0.3) is 11.8 Å². The fraction of sp³-hybridized carbons (Fsp3) is 0.444. The number of nitrogens with zero attached hydrogens (tertiary/aromatic N) is 1. The van der Waals surface area contributed by atoms with Crippen molar-refractivity contribution in [2.45, 2.75) is 46.6 Å². The van der Waals surface area contributed by atoms with Gasteiger partial charge in [0, 0.05) is 6.42 Å². The van der Waals surface area contributed by atoms with E-state index in [0.717, 1.165) is 4.90 Å². The lowest BCUT2D eigenvalue weighted by Gasteiger charge is -2.27. The molecule has 1 fully saturated rings. The Bertz CT molecular complexity index is 684. The Morgan fingerprint density at radius 3 is 2.24 bits per heavy atom. The van der Waals surface area contributed by atoms with Gasteiger partial charge in [-0.1, -0.05) is 33.8 Å². The van der Waals surface area contributed by atoms with E-state index in [0.29, 0.717) is 5.75 Å². The lowest BCUT2D eigenvalue weighted by molar-refractivity contribution is -0.136. The summed E-state index contributed by atoms with van der Waals surface area (Å²) in [5.41, 5.74) is 0.374. The number of benzene rings is 1. The normalized spacial score (nSPS) is 18.4. The van der Waals surface area contributed by atoms with E-state index in [1.54, 1.807) is 12.1 Å². The second kappa shape index (κ2) is 8.96. The van der Waals surface area contributed by atoms with Crippen LogP contribution < -0.4 is 10.1 Å². The third kappa shape index (κ3) is 3.70. The van der Waals surface area contributed by atoms with E-state index in [1.807, 2.05) is 27.7 Å². The molecule has 0 aromatic heterocycles. The Hall–Kier alpha value is -2.70. The molecule has 7 nitrogen and oxygen atoms in total. The molecular formula is C18H24N2O5. The average Bonchev–Trinajstić information content (AvgIpc) is 2.90. The van der Waals surface area contributed by atoms with Crippen LogP contribution in [0, 0.1) is 0 Å². The number of carbonyl (C=O) groups excluding carboxylic acids is 4. The van der Waals surface area contributed by atoms with E-state index < -0.39 is 29.7 Å². The largest absolute Gasteiger partial charge is 0.496 e. The minimum atomic E-state index is -0.959. The summed E-state index contributed by atoms with van der Waals surface area (Å²) in [7, 11) is 1.40. The highest BCUT2D eigenvalue weighted by Gasteiger charge is 2.45. The number of hydrogen-bond donors (Lipinski definition) is 1. The summed E-state index contributed by atoms with van der Waals surface area (Å²) in [6.07, 6.45) is 0.236. The van der Waals surface area contributed by atoms with Gasteiger partial charge in [0.1, 0.15) is 11.8 Å². The molecule has 0 spiro atoms. The first-order valence-electron chi connectivity index (χ1n) is 8.43. The predicted molar refractivity (Wildman–Crippen MR) is 92.4 cm³/mol. The van der Waals surface area contributed by atoms with Gasteiger partial charge in [0.2, 0.25) is 11.8 Å². The standard InChI is InChI=1S/C14H12N2O5.2C2H6/c1-21-9-4-2-3-7-11(9)14(20)16(13(7)19)8-5-6-10(17)15-12(8)18;2*1-2/h2-4,8H,5-6H2,1H3,(H,15,17,18);2*1-2H3. The number of carbonyl (C=O) groups is 4. The van der Waals surface area contributed by atoms with E-state index in [-0.39, 0.29) is 24.0 Å². The molecule has 136 valence electrons. The first-order valence-corrected chi connectivity index (χ1v) is 8.43. The van der Waals surface area contributed by atoms with Crippen LogP contribution in [0.4, 0.5) is 0 Å². The maximum atomic E-state index is 12.5. The lowest BCUT2D eigenvalue weighted by Crippen LogP contribution is -2.54. The van der Waals surface area contributed by atoms with Crippen molar-refractivity contribution in [2.24, 2.45) is 0 Å². The van der Waals surface area contributed by atoms with Gasteiger partial charge in [0.15, 0.2) is 0 Å². The van der Waals surface area contributed by atoms with Crippen molar-refractivity contribution in [3.05, 3.63) is 29.3 Å². The number of ether oxygens (including phenoxy) is 1. The fourth-order valence-electron chi connectivity index (χ4n) is 2.65. The molecule has 1 N–H and O–H groups in total. The van der Waals surface area contributed by atoms with E-state index in [1.165, 1.54) is 13.2 Å². The Balaban J connectivity index is 0.000000730. The zero-order chi connectivity index (χ0) is 19.1. The number of fused-ring (bicyclic) bond motifs is 1. The number of methoxy groups -OCH3 is 1. The number of nitrogens with one attached hydrogen (secondary N) is 1. The molecule has 0 bridgehead atoms. The van der Waals surface area contributed by atoms with Crippen molar-refractivity contribution in [3.8, 4) is 5.75 Å². The molecule has 2 aliphatic heterocycles. The summed E-state index contributed by atoms with van der Waals surface area (Å²) in [4.78, 5) is 48.8. The van der Waals surface area contributed by atoms with Crippen LogP contribution in [0.5, 0.6) is 5.75 Å². The number of hydrogen-bond acceptors (Lipinski definition) is 5. The summed E-state index contributed by atoms with van der Waals surface area (Å²) < 4.78 is 5.10. The van der Waals surface area contributed by atoms with Crippen LogP contribution >= 0.6 is 0 Å². The van der Waals surface area contributed by atoms with E-state index >= 15 is 0 Å². The van der Waals surface area contributed by atoms with Crippen LogP contribution in [-0.2, 0) is 9.59 Å². The highest BCUT2D eigenvalue weighted by Crippen LogP contribution is 2.33. The molecule has 3 rings (SSSR count). The van der Waals surface area contributed by atoms with Crippen molar-refractivity contribution < 1.29 is 23.9 Å². The van der Waals surface area contributed by atoms with Gasteiger partial charge in [-0.3, -0.25) is 29.4 Å².